The molecule has 9 aromatic carbocycles. The van der Waals surface area contributed by atoms with Gasteiger partial charge in [-0.25, -0.2) is 9.97 Å². The Kier molecular flexibility index (Phi) is 4.60. The minimum Gasteiger partial charge on any atom is -0.278 e. The van der Waals surface area contributed by atoms with Crippen LogP contribution in [0.25, 0.3) is 113 Å². The zero-order valence-electron chi connectivity index (χ0n) is 25.5. The molecule has 48 heavy (non-hydrogen) atoms. The van der Waals surface area contributed by atoms with Gasteiger partial charge in [0.1, 0.15) is 0 Å². The lowest BCUT2D eigenvalue weighted by atomic mass is 9.97. The molecule has 3 nitrogen and oxygen atoms in total. The predicted molar refractivity (Wildman–Crippen MR) is 205 cm³/mol. The Morgan fingerprint density at radius 3 is 1.77 bits per heavy atom. The van der Waals surface area contributed by atoms with Crippen molar-refractivity contribution in [1.82, 2.24) is 14.5 Å². The first-order valence-electron chi connectivity index (χ1n) is 16.3. The van der Waals surface area contributed by atoms with Gasteiger partial charge in [-0.3, -0.25) is 4.57 Å². The zero-order chi connectivity index (χ0) is 31.1. The van der Waals surface area contributed by atoms with Gasteiger partial charge in [0.2, 0.25) is 5.95 Å². The van der Waals surface area contributed by atoms with Crippen molar-refractivity contribution in [3.63, 3.8) is 0 Å². The topological polar surface area (TPSA) is 30.7 Å². The van der Waals surface area contributed by atoms with Gasteiger partial charge in [0.25, 0.3) is 0 Å². The summed E-state index contributed by atoms with van der Waals surface area (Å²) in [6.07, 6.45) is 0. The molecule has 0 bridgehead atoms. The summed E-state index contributed by atoms with van der Waals surface area (Å²) in [4.78, 5) is 10.9. The first-order valence-corrected chi connectivity index (χ1v) is 17.2. The molecule has 12 aromatic rings. The van der Waals surface area contributed by atoms with E-state index in [1.165, 1.54) is 74.7 Å². The fourth-order valence-electron chi connectivity index (χ4n) is 8.58. The van der Waals surface area contributed by atoms with Crippen LogP contribution in [0.2, 0.25) is 0 Å². The van der Waals surface area contributed by atoms with E-state index in [2.05, 4.69) is 144 Å². The van der Waals surface area contributed by atoms with E-state index in [0.29, 0.717) is 5.95 Å². The first kappa shape index (κ1) is 25.0. The lowest BCUT2D eigenvalue weighted by Gasteiger charge is -2.11. The summed E-state index contributed by atoms with van der Waals surface area (Å²) in [6, 6.07) is 50.8. The molecule has 0 N–H and O–H groups in total. The van der Waals surface area contributed by atoms with Gasteiger partial charge < -0.3 is 0 Å². The van der Waals surface area contributed by atoms with E-state index in [0.717, 1.165) is 32.5 Å². The quantitative estimate of drug-likeness (QED) is 0.191. The Balaban J connectivity index is 1.37. The first-order chi connectivity index (χ1) is 23.8. The van der Waals surface area contributed by atoms with Gasteiger partial charge >= 0.3 is 0 Å². The number of rotatable bonds is 2. The maximum absolute atomic E-state index is 5.48. The van der Waals surface area contributed by atoms with E-state index in [9.17, 15) is 0 Å². The third kappa shape index (κ3) is 3.00. The molecule has 0 aliphatic rings. The molecular formula is C44H23N3S. The van der Waals surface area contributed by atoms with Crippen molar-refractivity contribution in [2.45, 2.75) is 0 Å². The van der Waals surface area contributed by atoms with Gasteiger partial charge in [-0.15, -0.1) is 11.3 Å². The molecule has 4 heteroatoms. The second-order valence-corrected chi connectivity index (χ2v) is 13.9. The average Bonchev–Trinajstić information content (AvgIpc) is 3.77. The highest BCUT2D eigenvalue weighted by molar-refractivity contribution is 7.26. The maximum Gasteiger partial charge on any atom is 0.235 e. The smallest absolute Gasteiger partial charge is 0.235 e. The minimum absolute atomic E-state index is 0.700. The second-order valence-electron chi connectivity index (χ2n) is 12.9. The standard InChI is InChI=1S/C44H23N3S/c1-2-11-24(12-3-1)41-43-42(32-17-8-9-20-36(32)48-43)46-44(45-41)47-34-19-10-18-29-25-13-4-5-14-26(25)31-22-21-30-27-15-6-7-16-28(27)33-23-35(47)40(38(29)34)39(31)37(30)33/h1-23H. The summed E-state index contributed by atoms with van der Waals surface area (Å²) in [7, 11) is 0. The summed E-state index contributed by atoms with van der Waals surface area (Å²) >= 11 is 1.77. The Labute approximate surface area is 277 Å². The van der Waals surface area contributed by atoms with Crippen LogP contribution >= 0.6 is 11.3 Å². The molecule has 220 valence electrons. The Morgan fingerprint density at radius 2 is 1.02 bits per heavy atom. The van der Waals surface area contributed by atoms with E-state index in [-0.39, 0.29) is 0 Å². The van der Waals surface area contributed by atoms with Crippen LogP contribution in [0.5, 0.6) is 0 Å². The van der Waals surface area contributed by atoms with Gasteiger partial charge in [-0.05, 0) is 66.7 Å². The van der Waals surface area contributed by atoms with Crippen LogP contribution in [-0.4, -0.2) is 14.5 Å². The molecule has 0 saturated heterocycles. The largest absolute Gasteiger partial charge is 0.278 e. The van der Waals surface area contributed by atoms with E-state index in [1.807, 2.05) is 0 Å². The number of nitrogens with zero attached hydrogens (tertiary/aromatic N) is 3. The normalized spacial score (nSPS) is 12.6. The third-order valence-electron chi connectivity index (χ3n) is 10.5. The summed E-state index contributed by atoms with van der Waals surface area (Å²) in [5.41, 5.74) is 5.33. The van der Waals surface area contributed by atoms with Crippen LogP contribution < -0.4 is 0 Å². The molecule has 0 aliphatic heterocycles. The van der Waals surface area contributed by atoms with E-state index in [4.69, 9.17) is 9.97 Å². The monoisotopic (exact) mass is 625 g/mol. The van der Waals surface area contributed by atoms with E-state index >= 15 is 0 Å². The van der Waals surface area contributed by atoms with Crippen LogP contribution in [0.4, 0.5) is 0 Å². The fraction of sp³-hybridized carbons (Fsp3) is 0. The number of thiophene rings is 1. The molecule has 3 heterocycles. The van der Waals surface area contributed by atoms with Gasteiger partial charge in [0, 0.05) is 31.8 Å². The van der Waals surface area contributed by atoms with Crippen LogP contribution in [0, 0.1) is 0 Å². The Morgan fingerprint density at radius 1 is 0.417 bits per heavy atom. The number of hydrogen-bond donors (Lipinski definition) is 0. The van der Waals surface area contributed by atoms with Crippen molar-refractivity contribution in [2.24, 2.45) is 0 Å². The van der Waals surface area contributed by atoms with Crippen molar-refractivity contribution in [1.29, 1.82) is 0 Å². The predicted octanol–water partition coefficient (Wildman–Crippen LogP) is 12.3. The van der Waals surface area contributed by atoms with Crippen molar-refractivity contribution in [2.75, 3.05) is 0 Å². The number of fused-ring (bicyclic) bond motifs is 9. The molecule has 0 saturated carbocycles. The highest BCUT2D eigenvalue weighted by atomic mass is 32.1. The van der Waals surface area contributed by atoms with E-state index < -0.39 is 0 Å². The molecule has 12 rings (SSSR count). The van der Waals surface area contributed by atoms with Gasteiger partial charge in [-0.1, -0.05) is 121 Å². The third-order valence-corrected chi connectivity index (χ3v) is 11.7. The molecule has 0 fully saturated rings. The molecule has 0 unspecified atom stereocenters. The molecule has 0 radical (unpaired) electrons. The number of hydrogen-bond acceptors (Lipinski definition) is 3. The second kappa shape index (κ2) is 8.82. The van der Waals surface area contributed by atoms with Crippen LogP contribution in [0.3, 0.4) is 0 Å². The van der Waals surface area contributed by atoms with Gasteiger partial charge in [0.05, 0.1) is 26.9 Å². The summed E-state index contributed by atoms with van der Waals surface area (Å²) in [5, 5.41) is 16.6. The van der Waals surface area contributed by atoms with Crippen molar-refractivity contribution in [3.8, 4) is 17.2 Å². The SMILES string of the molecule is c1ccc(-c2nc(-n3c4cccc5c6ccccc6c6ccc7c8ccccc8c8cc3c(c6c78)c54)nc3c2sc2ccccc23)cc1. The van der Waals surface area contributed by atoms with Crippen molar-refractivity contribution >= 4 is 107 Å². The molecule has 0 atom stereocenters. The summed E-state index contributed by atoms with van der Waals surface area (Å²) in [6.45, 7) is 0. The van der Waals surface area contributed by atoms with Crippen LogP contribution in [0.15, 0.2) is 140 Å². The fourth-order valence-corrected chi connectivity index (χ4v) is 9.73. The van der Waals surface area contributed by atoms with Crippen molar-refractivity contribution in [3.05, 3.63) is 140 Å². The highest BCUT2D eigenvalue weighted by Gasteiger charge is 2.26. The Bertz CT molecular complexity index is 3280. The van der Waals surface area contributed by atoms with Gasteiger partial charge in [-0.2, -0.15) is 0 Å². The Hall–Kier alpha value is -6.10. The van der Waals surface area contributed by atoms with Crippen LogP contribution in [0.1, 0.15) is 0 Å². The minimum atomic E-state index is 0.700. The maximum atomic E-state index is 5.48. The van der Waals surface area contributed by atoms with Gasteiger partial charge in [0.15, 0.2) is 0 Å². The molecule has 0 amide bonds. The molecular weight excluding hydrogens is 603 g/mol. The summed E-state index contributed by atoms with van der Waals surface area (Å²) < 4.78 is 4.68. The number of aromatic nitrogens is 3. The lowest BCUT2D eigenvalue weighted by molar-refractivity contribution is 1.02. The lowest BCUT2D eigenvalue weighted by Crippen LogP contribution is -2.02. The highest BCUT2D eigenvalue weighted by Crippen LogP contribution is 2.50. The molecule has 0 spiro atoms. The van der Waals surface area contributed by atoms with E-state index in [1.54, 1.807) is 11.3 Å². The molecule has 0 aliphatic carbocycles. The average molecular weight is 626 g/mol. The van der Waals surface area contributed by atoms with Crippen molar-refractivity contribution < 1.29 is 0 Å². The number of benzene rings is 7. The zero-order valence-corrected chi connectivity index (χ0v) is 26.3. The molecule has 3 aromatic heterocycles. The van der Waals surface area contributed by atoms with Crippen LogP contribution in [-0.2, 0) is 0 Å². The summed E-state index contributed by atoms with van der Waals surface area (Å²) in [5.74, 6) is 0.700.